The van der Waals surface area contributed by atoms with Crippen molar-refractivity contribution in [1.29, 1.82) is 0 Å². The van der Waals surface area contributed by atoms with Gasteiger partial charge < -0.3 is 14.8 Å². The number of hydrogen-bond donors (Lipinski definition) is 2. The molecule has 1 unspecified atom stereocenters. The minimum atomic E-state index is -0.706. The molecule has 5 heteroatoms. The smallest absolute Gasteiger partial charge is 0.117 e. The van der Waals surface area contributed by atoms with Crippen LogP contribution in [0.1, 0.15) is 23.2 Å². The first-order chi connectivity index (χ1) is 9.06. The summed E-state index contributed by atoms with van der Waals surface area (Å²) >= 11 is 11.9. The maximum Gasteiger partial charge on any atom is 0.117 e. The number of rotatable bonds is 5. The number of aliphatic hydroxyl groups is 1. The van der Waals surface area contributed by atoms with Crippen molar-refractivity contribution < 1.29 is 9.52 Å². The quantitative estimate of drug-likeness (QED) is 0.884. The van der Waals surface area contributed by atoms with E-state index in [9.17, 15) is 5.11 Å². The molecule has 2 N–H and O–H groups in total. The van der Waals surface area contributed by atoms with Gasteiger partial charge in [-0.15, -0.1) is 0 Å². The SMILES string of the molecule is Cc1ccc(CNCC(O)c2cc(Cl)ccc2Cl)o1. The monoisotopic (exact) mass is 299 g/mol. The van der Waals surface area contributed by atoms with E-state index < -0.39 is 6.10 Å². The van der Waals surface area contributed by atoms with Crippen LogP contribution in [0.25, 0.3) is 0 Å². The normalized spacial score (nSPS) is 12.6. The Balaban J connectivity index is 1.90. The lowest BCUT2D eigenvalue weighted by molar-refractivity contribution is 0.173. The third-order valence-corrected chi connectivity index (χ3v) is 3.33. The average molecular weight is 300 g/mol. The first kappa shape index (κ1) is 14.4. The summed E-state index contributed by atoms with van der Waals surface area (Å²) in [4.78, 5) is 0. The van der Waals surface area contributed by atoms with Crippen LogP contribution in [0.4, 0.5) is 0 Å². The van der Waals surface area contributed by atoms with Gasteiger partial charge in [0.05, 0.1) is 12.6 Å². The predicted octanol–water partition coefficient (Wildman–Crippen LogP) is 3.72. The molecule has 0 amide bonds. The van der Waals surface area contributed by atoms with Gasteiger partial charge >= 0.3 is 0 Å². The van der Waals surface area contributed by atoms with E-state index in [1.165, 1.54) is 0 Å². The second kappa shape index (κ2) is 6.44. The van der Waals surface area contributed by atoms with Crippen LogP contribution in [0, 0.1) is 6.92 Å². The molecule has 0 aliphatic rings. The number of hydrogen-bond acceptors (Lipinski definition) is 3. The maximum atomic E-state index is 10.1. The summed E-state index contributed by atoms with van der Waals surface area (Å²) in [5, 5.41) is 14.2. The zero-order chi connectivity index (χ0) is 13.8. The van der Waals surface area contributed by atoms with E-state index in [0.717, 1.165) is 11.5 Å². The Morgan fingerprint density at radius 3 is 2.74 bits per heavy atom. The van der Waals surface area contributed by atoms with Gasteiger partial charge in [-0.2, -0.15) is 0 Å². The summed E-state index contributed by atoms with van der Waals surface area (Å²) in [6.07, 6.45) is -0.706. The molecule has 1 aromatic carbocycles. The van der Waals surface area contributed by atoms with E-state index >= 15 is 0 Å². The van der Waals surface area contributed by atoms with Crippen LogP contribution < -0.4 is 5.32 Å². The minimum Gasteiger partial charge on any atom is -0.465 e. The maximum absolute atomic E-state index is 10.1. The highest BCUT2D eigenvalue weighted by Crippen LogP contribution is 2.26. The lowest BCUT2D eigenvalue weighted by Gasteiger charge is -2.13. The molecule has 0 spiro atoms. The molecule has 0 radical (unpaired) electrons. The third-order valence-electron chi connectivity index (χ3n) is 2.75. The van der Waals surface area contributed by atoms with Crippen molar-refractivity contribution in [2.24, 2.45) is 0 Å². The molecule has 1 aromatic heterocycles. The van der Waals surface area contributed by atoms with Crippen molar-refractivity contribution in [3.8, 4) is 0 Å². The first-order valence-corrected chi connectivity index (χ1v) is 6.71. The Morgan fingerprint density at radius 1 is 1.26 bits per heavy atom. The molecule has 19 heavy (non-hydrogen) atoms. The standard InChI is InChI=1S/C14H15Cl2NO2/c1-9-2-4-11(19-9)7-17-8-14(18)12-6-10(15)3-5-13(12)16/h2-6,14,17-18H,7-8H2,1H3. The lowest BCUT2D eigenvalue weighted by atomic mass is 10.1. The Hall–Kier alpha value is -1.00. The number of benzene rings is 1. The van der Waals surface area contributed by atoms with Crippen molar-refractivity contribution in [3.63, 3.8) is 0 Å². The van der Waals surface area contributed by atoms with Gasteiger partial charge in [-0.1, -0.05) is 23.2 Å². The van der Waals surface area contributed by atoms with Crippen LogP contribution in [-0.4, -0.2) is 11.7 Å². The van der Waals surface area contributed by atoms with Crippen LogP contribution in [0.3, 0.4) is 0 Å². The van der Waals surface area contributed by atoms with E-state index in [1.54, 1.807) is 18.2 Å². The zero-order valence-corrected chi connectivity index (χ0v) is 12.0. The fourth-order valence-corrected chi connectivity index (χ4v) is 2.22. The van der Waals surface area contributed by atoms with Gasteiger partial charge in [-0.05, 0) is 37.3 Å². The number of aryl methyl sites for hydroxylation is 1. The molecule has 0 aliphatic heterocycles. The van der Waals surface area contributed by atoms with E-state index in [-0.39, 0.29) is 0 Å². The van der Waals surface area contributed by atoms with Crippen LogP contribution in [0.15, 0.2) is 34.7 Å². The molecular formula is C14H15Cl2NO2. The summed E-state index contributed by atoms with van der Waals surface area (Å²) in [6.45, 7) is 2.83. The molecule has 0 fully saturated rings. The highest BCUT2D eigenvalue weighted by atomic mass is 35.5. The van der Waals surface area contributed by atoms with E-state index in [2.05, 4.69) is 5.32 Å². The number of furan rings is 1. The van der Waals surface area contributed by atoms with Gasteiger partial charge in [-0.3, -0.25) is 0 Å². The number of halogens is 2. The molecule has 0 bridgehead atoms. The molecule has 1 atom stereocenters. The van der Waals surface area contributed by atoms with Crippen LogP contribution >= 0.6 is 23.2 Å². The Bertz CT molecular complexity index is 554. The van der Waals surface area contributed by atoms with Crippen LogP contribution in [-0.2, 0) is 6.54 Å². The third kappa shape index (κ3) is 3.98. The molecule has 0 aliphatic carbocycles. The van der Waals surface area contributed by atoms with Gasteiger partial charge in [-0.25, -0.2) is 0 Å². The molecule has 0 saturated heterocycles. The van der Waals surface area contributed by atoms with Gasteiger partial charge in [0.15, 0.2) is 0 Å². The second-order valence-electron chi connectivity index (χ2n) is 4.32. The zero-order valence-electron chi connectivity index (χ0n) is 10.5. The van der Waals surface area contributed by atoms with Crippen LogP contribution in [0.5, 0.6) is 0 Å². The van der Waals surface area contributed by atoms with Gasteiger partial charge in [0.1, 0.15) is 11.5 Å². The molecule has 3 nitrogen and oxygen atoms in total. The molecule has 0 saturated carbocycles. The Labute approximate surface area is 122 Å². The lowest BCUT2D eigenvalue weighted by Crippen LogP contribution is -2.21. The summed E-state index contributed by atoms with van der Waals surface area (Å²) in [7, 11) is 0. The summed E-state index contributed by atoms with van der Waals surface area (Å²) in [5.74, 6) is 1.71. The number of nitrogens with one attached hydrogen (secondary N) is 1. The molecule has 2 aromatic rings. The van der Waals surface area contributed by atoms with Crippen LogP contribution in [0.2, 0.25) is 10.0 Å². The Kier molecular flexibility index (Phi) is 4.88. The largest absolute Gasteiger partial charge is 0.465 e. The highest BCUT2D eigenvalue weighted by Gasteiger charge is 2.12. The molecule has 102 valence electrons. The second-order valence-corrected chi connectivity index (χ2v) is 5.17. The molecular weight excluding hydrogens is 285 g/mol. The topological polar surface area (TPSA) is 45.4 Å². The first-order valence-electron chi connectivity index (χ1n) is 5.95. The highest BCUT2D eigenvalue weighted by molar-refractivity contribution is 6.33. The van der Waals surface area contributed by atoms with E-state index in [1.807, 2.05) is 19.1 Å². The van der Waals surface area contributed by atoms with Gasteiger partial charge in [0, 0.05) is 22.2 Å². The summed E-state index contributed by atoms with van der Waals surface area (Å²) in [5.41, 5.74) is 0.622. The summed E-state index contributed by atoms with van der Waals surface area (Å²) in [6, 6.07) is 8.85. The Morgan fingerprint density at radius 2 is 2.05 bits per heavy atom. The molecule has 1 heterocycles. The number of aliphatic hydroxyl groups excluding tert-OH is 1. The van der Waals surface area contributed by atoms with Gasteiger partial charge in [0.25, 0.3) is 0 Å². The van der Waals surface area contributed by atoms with Crippen molar-refractivity contribution in [1.82, 2.24) is 5.32 Å². The minimum absolute atomic E-state index is 0.375. The van der Waals surface area contributed by atoms with Crippen molar-refractivity contribution in [3.05, 3.63) is 57.5 Å². The van der Waals surface area contributed by atoms with Crippen molar-refractivity contribution in [2.45, 2.75) is 19.6 Å². The average Bonchev–Trinajstić information content (AvgIpc) is 2.78. The summed E-state index contributed by atoms with van der Waals surface area (Å²) < 4.78 is 5.42. The fourth-order valence-electron chi connectivity index (χ4n) is 1.79. The predicted molar refractivity (Wildman–Crippen MR) is 76.6 cm³/mol. The fraction of sp³-hybridized carbons (Fsp3) is 0.286. The van der Waals surface area contributed by atoms with E-state index in [0.29, 0.717) is 28.7 Å². The van der Waals surface area contributed by atoms with Gasteiger partial charge in [0.2, 0.25) is 0 Å². The van der Waals surface area contributed by atoms with Crippen molar-refractivity contribution >= 4 is 23.2 Å². The van der Waals surface area contributed by atoms with Crippen molar-refractivity contribution in [2.75, 3.05) is 6.54 Å². The van der Waals surface area contributed by atoms with E-state index in [4.69, 9.17) is 27.6 Å². The molecule has 2 rings (SSSR count).